The number of hydrogen-bond donors (Lipinski definition) is 0. The van der Waals surface area contributed by atoms with Gasteiger partial charge in [-0.1, -0.05) is 6.07 Å². The van der Waals surface area contributed by atoms with Crippen LogP contribution in [-0.2, 0) is 6.42 Å². The number of pyridine rings is 1. The molecule has 3 rings (SSSR count). The van der Waals surface area contributed by atoms with Gasteiger partial charge >= 0.3 is 0 Å². The fourth-order valence-electron chi connectivity index (χ4n) is 3.91. The van der Waals surface area contributed by atoms with Gasteiger partial charge in [-0.2, -0.15) is 0 Å². The van der Waals surface area contributed by atoms with Gasteiger partial charge < -0.3 is 24.0 Å². The van der Waals surface area contributed by atoms with Crippen LogP contribution >= 0.6 is 0 Å². The van der Waals surface area contributed by atoms with Crippen molar-refractivity contribution in [2.75, 3.05) is 48.0 Å². The van der Waals surface area contributed by atoms with Crippen molar-refractivity contribution in [2.45, 2.75) is 25.3 Å². The lowest BCUT2D eigenvalue weighted by Gasteiger charge is -2.37. The van der Waals surface area contributed by atoms with Crippen LogP contribution in [0.5, 0.6) is 17.4 Å². The second-order valence-electron chi connectivity index (χ2n) is 7.53. The largest absolute Gasteiger partial charge is 0.493 e. The highest BCUT2D eigenvalue weighted by atomic mass is 16.5. The number of hydrogen-bond acceptors (Lipinski definition) is 6. The molecule has 1 unspecified atom stereocenters. The number of amides is 1. The molecule has 0 aliphatic carbocycles. The van der Waals surface area contributed by atoms with E-state index in [0.29, 0.717) is 24.0 Å². The monoisotopic (exact) mass is 413 g/mol. The van der Waals surface area contributed by atoms with Gasteiger partial charge in [0.05, 0.1) is 21.3 Å². The lowest BCUT2D eigenvalue weighted by molar-refractivity contribution is 0.0607. The number of aromatic nitrogens is 1. The fraction of sp³-hybridized carbons (Fsp3) is 0.478. The Morgan fingerprint density at radius 1 is 1.17 bits per heavy atom. The molecule has 30 heavy (non-hydrogen) atoms. The summed E-state index contributed by atoms with van der Waals surface area (Å²) in [6.07, 6.45) is 4.60. The molecule has 0 spiro atoms. The van der Waals surface area contributed by atoms with E-state index in [9.17, 15) is 4.79 Å². The third-order valence-electron chi connectivity index (χ3n) is 5.70. The van der Waals surface area contributed by atoms with Gasteiger partial charge in [0.25, 0.3) is 5.91 Å². The van der Waals surface area contributed by atoms with Gasteiger partial charge in [-0.05, 0) is 56.1 Å². The van der Waals surface area contributed by atoms with E-state index in [-0.39, 0.29) is 5.91 Å². The summed E-state index contributed by atoms with van der Waals surface area (Å²) in [6, 6.07) is 9.91. The molecule has 0 saturated carbocycles. The van der Waals surface area contributed by atoms with E-state index in [4.69, 9.17) is 14.2 Å². The SMILES string of the molecule is COc1ccc(CCN(C)C2CCCN(C(=O)c3cccnc3OC)C2)cc1OC. The predicted molar refractivity (Wildman–Crippen MR) is 116 cm³/mol. The van der Waals surface area contributed by atoms with Crippen molar-refractivity contribution >= 4 is 5.91 Å². The van der Waals surface area contributed by atoms with E-state index in [1.807, 2.05) is 17.0 Å². The standard InChI is InChI=1S/C23H31N3O4/c1-25(14-11-17-9-10-20(28-2)21(15-17)29-3)18-7-6-13-26(16-18)23(27)19-8-5-12-24-22(19)30-4/h5,8-10,12,15,18H,6-7,11,13-14,16H2,1-4H3. The third-order valence-corrected chi connectivity index (χ3v) is 5.70. The Labute approximate surface area is 178 Å². The van der Waals surface area contributed by atoms with Crippen molar-refractivity contribution in [1.82, 2.24) is 14.8 Å². The molecular formula is C23H31N3O4. The average Bonchev–Trinajstić information content (AvgIpc) is 2.81. The van der Waals surface area contributed by atoms with Crippen LogP contribution in [0.3, 0.4) is 0 Å². The lowest BCUT2D eigenvalue weighted by Crippen LogP contribution is -2.49. The number of carbonyl (C=O) groups excluding carboxylic acids is 1. The molecule has 1 fully saturated rings. The van der Waals surface area contributed by atoms with Crippen LogP contribution in [0.4, 0.5) is 0 Å². The molecular weight excluding hydrogens is 382 g/mol. The van der Waals surface area contributed by atoms with Gasteiger partial charge in [-0.3, -0.25) is 4.79 Å². The van der Waals surface area contributed by atoms with Crippen LogP contribution in [0.15, 0.2) is 36.5 Å². The maximum atomic E-state index is 13.0. The van der Waals surface area contributed by atoms with Crippen molar-refractivity contribution in [3.63, 3.8) is 0 Å². The molecule has 1 aliphatic heterocycles. The number of methoxy groups -OCH3 is 3. The number of benzene rings is 1. The van der Waals surface area contributed by atoms with E-state index in [2.05, 4.69) is 23.0 Å². The van der Waals surface area contributed by atoms with Gasteiger partial charge in [0.2, 0.25) is 5.88 Å². The van der Waals surface area contributed by atoms with Gasteiger partial charge in [0, 0.05) is 31.9 Å². The minimum Gasteiger partial charge on any atom is -0.493 e. The topological polar surface area (TPSA) is 64.1 Å². The Morgan fingerprint density at radius 3 is 2.70 bits per heavy atom. The molecule has 7 heteroatoms. The molecule has 1 atom stereocenters. The van der Waals surface area contributed by atoms with Crippen LogP contribution < -0.4 is 14.2 Å². The van der Waals surface area contributed by atoms with Crippen LogP contribution in [0.1, 0.15) is 28.8 Å². The first kappa shape index (κ1) is 21.9. The zero-order valence-electron chi connectivity index (χ0n) is 18.3. The van der Waals surface area contributed by atoms with Crippen molar-refractivity contribution in [3.8, 4) is 17.4 Å². The van der Waals surface area contributed by atoms with E-state index in [0.717, 1.165) is 43.9 Å². The Hall–Kier alpha value is -2.80. The number of likely N-dealkylation sites (N-methyl/N-ethyl adjacent to an activating group) is 1. The third kappa shape index (κ3) is 5.02. The summed E-state index contributed by atoms with van der Waals surface area (Å²) in [5.41, 5.74) is 1.72. The van der Waals surface area contributed by atoms with Gasteiger partial charge in [0.1, 0.15) is 5.56 Å². The van der Waals surface area contributed by atoms with Crippen molar-refractivity contribution < 1.29 is 19.0 Å². The maximum absolute atomic E-state index is 13.0. The lowest BCUT2D eigenvalue weighted by atomic mass is 10.0. The van der Waals surface area contributed by atoms with Crippen LogP contribution in [0.25, 0.3) is 0 Å². The number of ether oxygens (including phenoxy) is 3. The van der Waals surface area contributed by atoms with Crippen molar-refractivity contribution in [1.29, 1.82) is 0 Å². The summed E-state index contributed by atoms with van der Waals surface area (Å²) in [4.78, 5) is 21.4. The van der Waals surface area contributed by atoms with Crippen molar-refractivity contribution in [2.24, 2.45) is 0 Å². The Bertz CT molecular complexity index is 858. The van der Waals surface area contributed by atoms with Crippen molar-refractivity contribution in [3.05, 3.63) is 47.7 Å². The second-order valence-corrected chi connectivity index (χ2v) is 7.53. The quantitative estimate of drug-likeness (QED) is 0.663. The molecule has 1 saturated heterocycles. The van der Waals surface area contributed by atoms with Crippen LogP contribution in [-0.4, -0.2) is 74.7 Å². The normalized spacial score (nSPS) is 16.4. The highest BCUT2D eigenvalue weighted by Gasteiger charge is 2.28. The molecule has 162 valence electrons. The minimum atomic E-state index is -0.0158. The van der Waals surface area contributed by atoms with E-state index in [1.54, 1.807) is 39.7 Å². The van der Waals surface area contributed by atoms with E-state index in [1.165, 1.54) is 5.56 Å². The molecule has 0 radical (unpaired) electrons. The minimum absolute atomic E-state index is 0.0158. The molecule has 1 aliphatic rings. The smallest absolute Gasteiger partial charge is 0.259 e. The summed E-state index contributed by atoms with van der Waals surface area (Å²) < 4.78 is 16.0. The summed E-state index contributed by atoms with van der Waals surface area (Å²) in [5.74, 6) is 1.85. The summed E-state index contributed by atoms with van der Waals surface area (Å²) >= 11 is 0. The van der Waals surface area contributed by atoms with Crippen LogP contribution in [0.2, 0.25) is 0 Å². The molecule has 2 heterocycles. The molecule has 1 amide bonds. The van der Waals surface area contributed by atoms with E-state index < -0.39 is 0 Å². The predicted octanol–water partition coefficient (Wildman–Crippen LogP) is 2.89. The number of piperidine rings is 1. The first-order chi connectivity index (χ1) is 14.6. The molecule has 0 bridgehead atoms. The summed E-state index contributed by atoms with van der Waals surface area (Å²) in [5, 5.41) is 0. The highest BCUT2D eigenvalue weighted by Crippen LogP contribution is 2.28. The molecule has 1 aromatic carbocycles. The number of likely N-dealkylation sites (tertiary alicyclic amines) is 1. The zero-order chi connectivity index (χ0) is 21.5. The maximum Gasteiger partial charge on any atom is 0.259 e. The molecule has 7 nitrogen and oxygen atoms in total. The number of rotatable bonds is 8. The van der Waals surface area contributed by atoms with Gasteiger partial charge in [-0.25, -0.2) is 4.98 Å². The average molecular weight is 414 g/mol. The second kappa shape index (κ2) is 10.3. The first-order valence-electron chi connectivity index (χ1n) is 10.3. The molecule has 0 N–H and O–H groups in total. The summed E-state index contributed by atoms with van der Waals surface area (Å²) in [6.45, 7) is 2.37. The van der Waals surface area contributed by atoms with Gasteiger partial charge in [0.15, 0.2) is 11.5 Å². The zero-order valence-corrected chi connectivity index (χ0v) is 18.3. The highest BCUT2D eigenvalue weighted by molar-refractivity contribution is 5.96. The number of nitrogens with zero attached hydrogens (tertiary/aromatic N) is 3. The first-order valence-corrected chi connectivity index (χ1v) is 10.3. The summed E-state index contributed by atoms with van der Waals surface area (Å²) in [7, 11) is 6.96. The Kier molecular flexibility index (Phi) is 7.52. The number of carbonyl (C=O) groups is 1. The molecule has 1 aromatic heterocycles. The Balaban J connectivity index is 1.60. The van der Waals surface area contributed by atoms with E-state index >= 15 is 0 Å². The molecule has 2 aromatic rings. The van der Waals surface area contributed by atoms with Crippen LogP contribution in [0, 0.1) is 0 Å². The fourth-order valence-corrected chi connectivity index (χ4v) is 3.91. The Morgan fingerprint density at radius 2 is 1.97 bits per heavy atom. The van der Waals surface area contributed by atoms with Gasteiger partial charge in [-0.15, -0.1) is 0 Å².